The Morgan fingerprint density at radius 1 is 1.22 bits per heavy atom. The van der Waals surface area contributed by atoms with Gasteiger partial charge in [0, 0.05) is 12.2 Å². The number of hydrogen-bond donors (Lipinski definition) is 1. The fourth-order valence-electron chi connectivity index (χ4n) is 1.96. The van der Waals surface area contributed by atoms with E-state index in [1.54, 1.807) is 6.20 Å². The Balaban J connectivity index is 2.22. The normalized spacial score (nSPS) is 12.9. The Labute approximate surface area is 108 Å². The molecule has 18 heavy (non-hydrogen) atoms. The molecule has 3 nitrogen and oxygen atoms in total. The van der Waals surface area contributed by atoms with Gasteiger partial charge in [0.25, 0.3) is 0 Å². The molecule has 2 aromatic carbocycles. The maximum Gasteiger partial charge on any atom is 0.395 e. The van der Waals surface area contributed by atoms with Crippen LogP contribution < -0.4 is 5.32 Å². The van der Waals surface area contributed by atoms with Crippen LogP contribution in [0, 0.1) is 0 Å². The zero-order chi connectivity index (χ0) is 12.8. The lowest BCUT2D eigenvalue weighted by atomic mass is 10.00. The third kappa shape index (κ3) is 2.88. The highest BCUT2D eigenvalue weighted by atomic mass is 31.1. The molecule has 0 bridgehead atoms. The van der Waals surface area contributed by atoms with Crippen molar-refractivity contribution in [3.63, 3.8) is 0 Å². The Kier molecular flexibility index (Phi) is 4.32. The molecule has 0 heterocycles. The quantitative estimate of drug-likeness (QED) is 0.646. The average molecular weight is 259 g/mol. The second kappa shape index (κ2) is 6.18. The van der Waals surface area contributed by atoms with E-state index in [9.17, 15) is 4.57 Å². The zero-order valence-electron chi connectivity index (χ0n) is 10.0. The smallest absolute Gasteiger partial charge is 0.395 e. The molecule has 2 rings (SSSR count). The summed E-state index contributed by atoms with van der Waals surface area (Å²) in [6, 6.07) is 14.7. The Morgan fingerprint density at radius 3 is 2.83 bits per heavy atom. The first-order valence-corrected chi connectivity index (χ1v) is 6.43. The van der Waals surface area contributed by atoms with Gasteiger partial charge in [-0.15, -0.1) is 0 Å². The van der Waals surface area contributed by atoms with Crippen LogP contribution in [-0.2, 0) is 9.09 Å². The van der Waals surface area contributed by atoms with E-state index in [4.69, 9.17) is 0 Å². The molecule has 0 aliphatic carbocycles. The molecule has 0 aliphatic heterocycles. The number of rotatable bonds is 5. The van der Waals surface area contributed by atoms with Crippen molar-refractivity contribution in [2.24, 2.45) is 0 Å². The van der Waals surface area contributed by atoms with Gasteiger partial charge in [0.15, 0.2) is 0 Å². The SMILES string of the molecule is C[C@@H](NC=COP=O)c1cccc2ccccc12. The van der Waals surface area contributed by atoms with Crippen molar-refractivity contribution in [2.45, 2.75) is 13.0 Å². The van der Waals surface area contributed by atoms with Crippen molar-refractivity contribution in [3.05, 3.63) is 60.5 Å². The molecule has 0 unspecified atom stereocenters. The molecular weight excluding hydrogens is 245 g/mol. The van der Waals surface area contributed by atoms with E-state index in [0.29, 0.717) is 0 Å². The number of nitrogens with one attached hydrogen (secondary N) is 1. The molecule has 1 N–H and O–H groups in total. The summed E-state index contributed by atoms with van der Waals surface area (Å²) >= 11 is 0. The first-order valence-electron chi connectivity index (χ1n) is 5.70. The summed E-state index contributed by atoms with van der Waals surface area (Å²) in [5.74, 6) is 0. The van der Waals surface area contributed by atoms with Crippen molar-refractivity contribution < 1.29 is 9.09 Å². The molecule has 0 spiro atoms. The van der Waals surface area contributed by atoms with Gasteiger partial charge >= 0.3 is 8.69 Å². The molecule has 4 heteroatoms. The molecule has 0 saturated heterocycles. The largest absolute Gasteiger partial charge is 0.414 e. The van der Waals surface area contributed by atoms with Gasteiger partial charge in [0.2, 0.25) is 0 Å². The van der Waals surface area contributed by atoms with Gasteiger partial charge in [0.05, 0.1) is 0 Å². The highest BCUT2D eigenvalue weighted by Crippen LogP contribution is 2.23. The van der Waals surface area contributed by atoms with Crippen molar-refractivity contribution in [1.29, 1.82) is 0 Å². The summed E-state index contributed by atoms with van der Waals surface area (Å²) < 4.78 is 14.7. The van der Waals surface area contributed by atoms with Crippen LogP contribution in [0.5, 0.6) is 0 Å². The predicted molar refractivity (Wildman–Crippen MR) is 73.3 cm³/mol. The summed E-state index contributed by atoms with van der Waals surface area (Å²) in [4.78, 5) is 0. The molecule has 0 fully saturated rings. The van der Waals surface area contributed by atoms with Crippen LogP contribution >= 0.6 is 8.69 Å². The molecule has 92 valence electrons. The first-order chi connectivity index (χ1) is 8.83. The van der Waals surface area contributed by atoms with Gasteiger partial charge in [-0.25, -0.2) is 4.57 Å². The van der Waals surface area contributed by atoms with Crippen LogP contribution in [0.1, 0.15) is 18.5 Å². The lowest BCUT2D eigenvalue weighted by Gasteiger charge is -2.14. The molecule has 1 atom stereocenters. The van der Waals surface area contributed by atoms with Crippen molar-refractivity contribution >= 4 is 19.5 Å². The maximum atomic E-state index is 10.1. The molecule has 2 aromatic rings. The van der Waals surface area contributed by atoms with Gasteiger partial charge in [-0.3, -0.25) is 0 Å². The van der Waals surface area contributed by atoms with Crippen LogP contribution in [0.15, 0.2) is 54.9 Å². The standard InChI is InChI=1S/C14H14NO2P/c1-11(15-9-10-17-18-16)13-8-4-6-12-5-2-3-7-14(12)13/h2-11,15H,1H3/t11-/m1/s1. The van der Waals surface area contributed by atoms with E-state index in [1.165, 1.54) is 22.6 Å². The van der Waals surface area contributed by atoms with E-state index in [-0.39, 0.29) is 14.7 Å². The molecule has 0 radical (unpaired) electrons. The fraction of sp³-hybridized carbons (Fsp3) is 0.143. The van der Waals surface area contributed by atoms with Crippen LogP contribution in [0.3, 0.4) is 0 Å². The lowest BCUT2D eigenvalue weighted by Crippen LogP contribution is -2.11. The first kappa shape index (κ1) is 12.6. The third-order valence-electron chi connectivity index (χ3n) is 2.81. The van der Waals surface area contributed by atoms with Crippen LogP contribution in [-0.4, -0.2) is 0 Å². The molecular formula is C14H14NO2P. The summed E-state index contributed by atoms with van der Waals surface area (Å²) in [5.41, 5.74) is 1.22. The van der Waals surface area contributed by atoms with Gasteiger partial charge in [-0.05, 0) is 23.3 Å². The summed E-state index contributed by atoms with van der Waals surface area (Å²) in [7, 11) is -0.345. The highest BCUT2D eigenvalue weighted by Gasteiger charge is 2.06. The second-order valence-corrected chi connectivity index (χ2v) is 4.30. The number of benzene rings is 2. The summed E-state index contributed by atoms with van der Waals surface area (Å²) in [6.45, 7) is 2.07. The van der Waals surface area contributed by atoms with Crippen LogP contribution in [0.25, 0.3) is 10.8 Å². The topological polar surface area (TPSA) is 38.3 Å². The summed E-state index contributed by atoms with van der Waals surface area (Å²) in [6.07, 6.45) is 3.02. The Morgan fingerprint density at radius 2 is 2.00 bits per heavy atom. The monoisotopic (exact) mass is 259 g/mol. The van der Waals surface area contributed by atoms with Crippen molar-refractivity contribution in [3.8, 4) is 0 Å². The lowest BCUT2D eigenvalue weighted by molar-refractivity contribution is 0.478. The van der Waals surface area contributed by atoms with Gasteiger partial charge in [-0.1, -0.05) is 42.5 Å². The van der Waals surface area contributed by atoms with Crippen LogP contribution in [0.2, 0.25) is 0 Å². The van der Waals surface area contributed by atoms with Crippen molar-refractivity contribution in [1.82, 2.24) is 5.32 Å². The average Bonchev–Trinajstić information content (AvgIpc) is 2.43. The fourth-order valence-corrected chi connectivity index (χ4v) is 2.07. The van der Waals surface area contributed by atoms with E-state index in [0.717, 1.165) is 0 Å². The minimum absolute atomic E-state index is 0.152. The van der Waals surface area contributed by atoms with Crippen LogP contribution in [0.4, 0.5) is 0 Å². The molecule has 0 aromatic heterocycles. The van der Waals surface area contributed by atoms with E-state index in [2.05, 4.69) is 41.0 Å². The maximum absolute atomic E-state index is 10.1. The molecule has 0 amide bonds. The van der Waals surface area contributed by atoms with Crippen molar-refractivity contribution in [2.75, 3.05) is 0 Å². The second-order valence-electron chi connectivity index (χ2n) is 3.94. The zero-order valence-corrected chi connectivity index (χ0v) is 10.9. The molecule has 0 aliphatic rings. The van der Waals surface area contributed by atoms with E-state index in [1.807, 2.05) is 18.2 Å². The number of fused-ring (bicyclic) bond motifs is 1. The third-order valence-corrected chi connectivity index (χ3v) is 3.02. The van der Waals surface area contributed by atoms with Gasteiger partial charge in [-0.2, -0.15) is 0 Å². The Hall–Kier alpha value is -1.86. The van der Waals surface area contributed by atoms with Gasteiger partial charge < -0.3 is 9.84 Å². The predicted octanol–water partition coefficient (Wildman–Crippen LogP) is 4.18. The highest BCUT2D eigenvalue weighted by molar-refractivity contribution is 7.17. The minimum Gasteiger partial charge on any atom is -0.414 e. The van der Waals surface area contributed by atoms with E-state index >= 15 is 0 Å². The molecule has 0 saturated carbocycles. The number of hydrogen-bond acceptors (Lipinski definition) is 3. The van der Waals surface area contributed by atoms with E-state index < -0.39 is 0 Å². The van der Waals surface area contributed by atoms with Gasteiger partial charge in [0.1, 0.15) is 6.26 Å². The summed E-state index contributed by atoms with van der Waals surface area (Å²) in [5, 5.41) is 5.63. The minimum atomic E-state index is -0.345. The Bertz CT molecular complexity index is 563.